The Morgan fingerprint density at radius 3 is 2.40 bits per heavy atom. The normalized spacial score (nSPS) is 20.7. The van der Waals surface area contributed by atoms with Crippen LogP contribution in [0, 0.1) is 0 Å². The molecule has 2 aromatic rings. The third-order valence-corrected chi connectivity index (χ3v) is 4.32. The van der Waals surface area contributed by atoms with Crippen molar-refractivity contribution in [2.45, 2.75) is 39.1 Å². The molecule has 1 saturated heterocycles. The Labute approximate surface area is 148 Å². The summed E-state index contributed by atoms with van der Waals surface area (Å²) in [6, 6.07) is 7.84. The molecule has 134 valence electrons. The van der Waals surface area contributed by atoms with E-state index in [2.05, 4.69) is 10.4 Å². The molecule has 6 heteroatoms. The number of hydrogen-bond acceptors (Lipinski definition) is 4. The van der Waals surface area contributed by atoms with Crippen molar-refractivity contribution in [2.24, 2.45) is 7.05 Å². The molecule has 1 aromatic heterocycles. The van der Waals surface area contributed by atoms with Gasteiger partial charge in [-0.15, -0.1) is 0 Å². The van der Waals surface area contributed by atoms with Gasteiger partial charge in [-0.2, -0.15) is 5.10 Å². The van der Waals surface area contributed by atoms with Crippen molar-refractivity contribution in [3.8, 4) is 0 Å². The minimum Gasteiger partial charge on any atom is -0.372 e. The summed E-state index contributed by atoms with van der Waals surface area (Å²) in [7, 11) is 1.91. The van der Waals surface area contributed by atoms with Crippen LogP contribution >= 0.6 is 0 Å². The molecule has 0 aliphatic carbocycles. The Morgan fingerprint density at radius 2 is 1.80 bits per heavy atom. The third-order valence-electron chi connectivity index (χ3n) is 4.32. The van der Waals surface area contributed by atoms with Crippen LogP contribution in [0.3, 0.4) is 0 Å². The van der Waals surface area contributed by atoms with Gasteiger partial charge in [-0.25, -0.2) is 0 Å². The molecule has 1 amide bonds. The summed E-state index contributed by atoms with van der Waals surface area (Å²) in [6.07, 6.45) is 4.03. The highest BCUT2D eigenvalue weighted by Crippen LogP contribution is 2.15. The zero-order valence-corrected chi connectivity index (χ0v) is 15.1. The van der Waals surface area contributed by atoms with Crippen molar-refractivity contribution in [3.63, 3.8) is 0 Å². The second-order valence-corrected chi connectivity index (χ2v) is 6.79. The number of aromatic nitrogens is 2. The summed E-state index contributed by atoms with van der Waals surface area (Å²) in [4.78, 5) is 14.5. The number of carbonyl (C=O) groups excluding carboxylic acids is 1. The van der Waals surface area contributed by atoms with E-state index >= 15 is 0 Å². The molecule has 0 unspecified atom stereocenters. The maximum Gasteiger partial charge on any atom is 0.254 e. The maximum atomic E-state index is 12.6. The summed E-state index contributed by atoms with van der Waals surface area (Å²) >= 11 is 0. The second-order valence-electron chi connectivity index (χ2n) is 6.79. The SMILES string of the molecule is C[C@@H]1CN(C(=O)c2ccc(CNCc3cnn(C)c3)cc2)C[C@@H](C)O1. The first-order valence-electron chi connectivity index (χ1n) is 8.73. The Bertz CT molecular complexity index is 700. The van der Waals surface area contributed by atoms with E-state index in [1.165, 1.54) is 0 Å². The number of hydrogen-bond donors (Lipinski definition) is 1. The average molecular weight is 342 g/mol. The molecule has 6 nitrogen and oxygen atoms in total. The van der Waals surface area contributed by atoms with Crippen LogP contribution in [0.25, 0.3) is 0 Å². The summed E-state index contributed by atoms with van der Waals surface area (Å²) in [6.45, 7) is 6.85. The molecule has 3 rings (SSSR count). The van der Waals surface area contributed by atoms with Crippen LogP contribution in [0.15, 0.2) is 36.7 Å². The minimum absolute atomic E-state index is 0.0804. The van der Waals surface area contributed by atoms with Gasteiger partial charge in [-0.3, -0.25) is 9.48 Å². The molecule has 0 saturated carbocycles. The van der Waals surface area contributed by atoms with E-state index in [1.807, 2.05) is 62.5 Å². The summed E-state index contributed by atoms with van der Waals surface area (Å²) in [5.74, 6) is 0.0804. The number of rotatable bonds is 5. The fourth-order valence-corrected chi connectivity index (χ4v) is 3.21. The van der Waals surface area contributed by atoms with Crippen LogP contribution < -0.4 is 5.32 Å². The highest BCUT2D eigenvalue weighted by molar-refractivity contribution is 5.94. The molecule has 1 aliphatic heterocycles. The zero-order valence-electron chi connectivity index (χ0n) is 15.1. The molecule has 0 radical (unpaired) electrons. The molecule has 1 N–H and O–H groups in total. The van der Waals surface area contributed by atoms with Crippen LogP contribution in [0.5, 0.6) is 0 Å². The van der Waals surface area contributed by atoms with E-state index in [1.54, 1.807) is 4.68 Å². The number of aryl methyl sites for hydroxylation is 1. The van der Waals surface area contributed by atoms with Crippen LogP contribution in [0.2, 0.25) is 0 Å². The first-order chi connectivity index (χ1) is 12.0. The van der Waals surface area contributed by atoms with Gasteiger partial charge < -0.3 is 15.0 Å². The molecular weight excluding hydrogens is 316 g/mol. The van der Waals surface area contributed by atoms with Crippen molar-refractivity contribution in [1.82, 2.24) is 20.0 Å². The first-order valence-corrected chi connectivity index (χ1v) is 8.73. The molecule has 1 aliphatic rings. The number of nitrogens with one attached hydrogen (secondary N) is 1. The zero-order chi connectivity index (χ0) is 17.8. The highest BCUT2D eigenvalue weighted by atomic mass is 16.5. The van der Waals surface area contributed by atoms with E-state index < -0.39 is 0 Å². The number of amides is 1. The first kappa shape index (κ1) is 17.6. The van der Waals surface area contributed by atoms with Gasteiger partial charge in [-0.1, -0.05) is 12.1 Å². The Balaban J connectivity index is 1.53. The second kappa shape index (κ2) is 7.80. The van der Waals surface area contributed by atoms with Crippen molar-refractivity contribution in [2.75, 3.05) is 13.1 Å². The minimum atomic E-state index is 0.0804. The smallest absolute Gasteiger partial charge is 0.254 e. The predicted molar refractivity (Wildman–Crippen MR) is 96.1 cm³/mol. The van der Waals surface area contributed by atoms with Gasteiger partial charge in [0.05, 0.1) is 18.4 Å². The molecule has 0 spiro atoms. The van der Waals surface area contributed by atoms with Crippen molar-refractivity contribution < 1.29 is 9.53 Å². The van der Waals surface area contributed by atoms with Gasteiger partial charge in [0.1, 0.15) is 0 Å². The molecule has 1 fully saturated rings. The van der Waals surface area contributed by atoms with E-state index in [9.17, 15) is 4.79 Å². The Morgan fingerprint density at radius 1 is 1.16 bits per heavy atom. The van der Waals surface area contributed by atoms with E-state index in [-0.39, 0.29) is 18.1 Å². The van der Waals surface area contributed by atoms with Crippen molar-refractivity contribution in [3.05, 3.63) is 53.3 Å². The van der Waals surface area contributed by atoms with Crippen LogP contribution in [0.4, 0.5) is 0 Å². The lowest BCUT2D eigenvalue weighted by Gasteiger charge is -2.35. The van der Waals surface area contributed by atoms with Crippen LogP contribution in [0.1, 0.15) is 35.3 Å². The van der Waals surface area contributed by atoms with Gasteiger partial charge in [0.2, 0.25) is 0 Å². The van der Waals surface area contributed by atoms with Gasteiger partial charge in [0.15, 0.2) is 0 Å². The molecule has 1 aromatic carbocycles. The average Bonchev–Trinajstić information content (AvgIpc) is 2.99. The number of ether oxygens (including phenoxy) is 1. The van der Waals surface area contributed by atoms with Crippen LogP contribution in [-0.2, 0) is 24.9 Å². The number of morpholine rings is 1. The number of carbonyl (C=O) groups is 1. The predicted octanol–water partition coefficient (Wildman–Crippen LogP) is 1.96. The molecule has 2 atom stereocenters. The summed E-state index contributed by atoms with van der Waals surface area (Å²) in [5.41, 5.74) is 3.05. The number of nitrogens with zero attached hydrogens (tertiary/aromatic N) is 3. The molecular formula is C19H26N4O2. The van der Waals surface area contributed by atoms with E-state index in [0.29, 0.717) is 13.1 Å². The van der Waals surface area contributed by atoms with Crippen LogP contribution in [-0.4, -0.2) is 45.9 Å². The number of benzene rings is 1. The summed E-state index contributed by atoms with van der Waals surface area (Å²) < 4.78 is 7.49. The maximum absolute atomic E-state index is 12.6. The lowest BCUT2D eigenvalue weighted by atomic mass is 10.1. The Hall–Kier alpha value is -2.18. The van der Waals surface area contributed by atoms with Gasteiger partial charge in [-0.05, 0) is 31.5 Å². The molecule has 2 heterocycles. The third kappa shape index (κ3) is 4.67. The Kier molecular flexibility index (Phi) is 5.50. The lowest BCUT2D eigenvalue weighted by molar-refractivity contribution is -0.0586. The highest BCUT2D eigenvalue weighted by Gasteiger charge is 2.26. The molecule has 25 heavy (non-hydrogen) atoms. The lowest BCUT2D eigenvalue weighted by Crippen LogP contribution is -2.48. The topological polar surface area (TPSA) is 59.4 Å². The fourth-order valence-electron chi connectivity index (χ4n) is 3.21. The van der Waals surface area contributed by atoms with Gasteiger partial charge >= 0.3 is 0 Å². The van der Waals surface area contributed by atoms with E-state index in [0.717, 1.165) is 29.8 Å². The van der Waals surface area contributed by atoms with Gasteiger partial charge in [0, 0.05) is 50.6 Å². The largest absolute Gasteiger partial charge is 0.372 e. The van der Waals surface area contributed by atoms with E-state index in [4.69, 9.17) is 4.74 Å². The molecule has 0 bridgehead atoms. The van der Waals surface area contributed by atoms with Crippen molar-refractivity contribution in [1.29, 1.82) is 0 Å². The van der Waals surface area contributed by atoms with Gasteiger partial charge in [0.25, 0.3) is 5.91 Å². The van der Waals surface area contributed by atoms with Crippen molar-refractivity contribution >= 4 is 5.91 Å². The fraction of sp³-hybridized carbons (Fsp3) is 0.474. The standard InChI is InChI=1S/C19H26N4O2/c1-14-11-23(12-15(2)25-14)19(24)18-6-4-16(5-7-18)8-20-9-17-10-21-22(3)13-17/h4-7,10,13-15,20H,8-9,11-12H2,1-3H3/t14-,15-/m1/s1. The quantitative estimate of drug-likeness (QED) is 0.902. The summed E-state index contributed by atoms with van der Waals surface area (Å²) in [5, 5.41) is 7.54. The monoisotopic (exact) mass is 342 g/mol.